The Morgan fingerprint density at radius 3 is 2.05 bits per heavy atom. The highest BCUT2D eigenvalue weighted by Crippen LogP contribution is 2.11. The molecule has 0 saturated carbocycles. The van der Waals surface area contributed by atoms with Crippen LogP contribution in [0.4, 0.5) is 17.6 Å². The van der Waals surface area contributed by atoms with Crippen molar-refractivity contribution in [1.82, 2.24) is 10.6 Å². The van der Waals surface area contributed by atoms with Crippen LogP contribution in [0.25, 0.3) is 0 Å². The summed E-state index contributed by atoms with van der Waals surface area (Å²) in [6.07, 6.45) is -4.58. The summed E-state index contributed by atoms with van der Waals surface area (Å²) in [5.41, 5.74) is 0.512. The Morgan fingerprint density at radius 1 is 1.00 bits per heavy atom. The molecule has 0 saturated heterocycles. The second kappa shape index (κ2) is 6.17. The fourth-order valence-corrected chi connectivity index (χ4v) is 1.13. The van der Waals surface area contributed by atoms with Gasteiger partial charge in [-0.05, 0) is 17.7 Å². The Morgan fingerprint density at radius 2 is 1.53 bits per heavy atom. The summed E-state index contributed by atoms with van der Waals surface area (Å²) >= 11 is 0. The molecule has 4 nitrogen and oxygen atoms in total. The van der Waals surface area contributed by atoms with Crippen LogP contribution in [-0.2, 0) is 16.1 Å². The smallest absolute Gasteiger partial charge is 0.344 e. The molecule has 0 heterocycles. The van der Waals surface area contributed by atoms with E-state index in [1.165, 1.54) is 17.4 Å². The maximum atomic E-state index is 12.6. The monoisotopic (exact) mass is 278 g/mol. The van der Waals surface area contributed by atoms with Crippen LogP contribution in [0, 0.1) is 5.82 Å². The number of hydrogen-bond donors (Lipinski definition) is 2. The molecule has 1 aromatic carbocycles. The van der Waals surface area contributed by atoms with Crippen molar-refractivity contribution in [3.63, 3.8) is 0 Å². The molecule has 1 aromatic rings. The molecule has 0 aliphatic carbocycles. The zero-order valence-corrected chi connectivity index (χ0v) is 9.55. The molecule has 0 aliphatic rings. The van der Waals surface area contributed by atoms with E-state index in [0.29, 0.717) is 5.56 Å². The minimum atomic E-state index is -4.58. The van der Waals surface area contributed by atoms with Crippen molar-refractivity contribution >= 4 is 11.8 Å². The van der Waals surface area contributed by atoms with E-state index in [0.717, 1.165) is 12.1 Å². The van der Waals surface area contributed by atoms with E-state index in [1.807, 2.05) is 0 Å². The van der Waals surface area contributed by atoms with Gasteiger partial charge in [0.15, 0.2) is 0 Å². The summed E-state index contributed by atoms with van der Waals surface area (Å²) < 4.78 is 47.9. The lowest BCUT2D eigenvalue weighted by atomic mass is 10.2. The lowest BCUT2D eigenvalue weighted by Crippen LogP contribution is -2.43. The predicted octanol–water partition coefficient (Wildman–Crippen LogP) is 1.12. The van der Waals surface area contributed by atoms with E-state index < -0.39 is 30.4 Å². The van der Waals surface area contributed by atoms with Crippen molar-refractivity contribution in [3.05, 3.63) is 35.6 Å². The first kappa shape index (κ1) is 14.9. The normalized spacial score (nSPS) is 10.9. The van der Waals surface area contributed by atoms with Gasteiger partial charge in [0.05, 0.1) is 0 Å². The van der Waals surface area contributed by atoms with Gasteiger partial charge in [-0.15, -0.1) is 0 Å². The second-order valence-electron chi connectivity index (χ2n) is 3.61. The van der Waals surface area contributed by atoms with Gasteiger partial charge in [0.25, 0.3) is 0 Å². The molecule has 0 spiro atoms. The van der Waals surface area contributed by atoms with Crippen LogP contribution in [0.5, 0.6) is 0 Å². The van der Waals surface area contributed by atoms with E-state index in [-0.39, 0.29) is 6.54 Å². The Bertz CT molecular complexity index is 457. The molecule has 2 N–H and O–H groups in total. The number of rotatable bonds is 3. The molecule has 1 rings (SSSR count). The lowest BCUT2D eigenvalue weighted by Gasteiger charge is -2.08. The maximum absolute atomic E-state index is 12.6. The average molecular weight is 278 g/mol. The third-order valence-electron chi connectivity index (χ3n) is 2.02. The van der Waals surface area contributed by atoms with Gasteiger partial charge in [-0.2, -0.15) is 13.2 Å². The van der Waals surface area contributed by atoms with Crippen molar-refractivity contribution in [2.24, 2.45) is 0 Å². The molecule has 0 atom stereocenters. The van der Waals surface area contributed by atoms with Crippen molar-refractivity contribution < 1.29 is 27.2 Å². The van der Waals surface area contributed by atoms with E-state index in [9.17, 15) is 27.2 Å². The zero-order chi connectivity index (χ0) is 14.5. The zero-order valence-electron chi connectivity index (χ0n) is 9.55. The number of carbonyl (C=O) groups excluding carboxylic acids is 2. The van der Waals surface area contributed by atoms with E-state index in [2.05, 4.69) is 5.32 Å². The fourth-order valence-electron chi connectivity index (χ4n) is 1.13. The minimum Gasteiger partial charge on any atom is -0.344 e. The average Bonchev–Trinajstić information content (AvgIpc) is 2.34. The van der Waals surface area contributed by atoms with Gasteiger partial charge in [0.2, 0.25) is 0 Å². The topological polar surface area (TPSA) is 58.2 Å². The Kier molecular flexibility index (Phi) is 4.85. The van der Waals surface area contributed by atoms with E-state index in [1.54, 1.807) is 0 Å². The van der Waals surface area contributed by atoms with Crippen LogP contribution >= 0.6 is 0 Å². The number of nitrogens with one attached hydrogen (secondary N) is 2. The molecule has 0 aromatic heterocycles. The standard InChI is InChI=1S/C11H10F4N2O2/c12-8-3-1-7(2-4-8)5-16-9(18)10(19)17-6-11(13,14)15/h1-4H,5-6H2,(H,16,18)(H,17,19). The number of halogens is 4. The predicted molar refractivity (Wildman–Crippen MR) is 57.3 cm³/mol. The molecule has 2 amide bonds. The third kappa shape index (κ3) is 5.84. The van der Waals surface area contributed by atoms with Crippen LogP contribution < -0.4 is 10.6 Å². The molecule has 8 heteroatoms. The van der Waals surface area contributed by atoms with Crippen LogP contribution in [0.3, 0.4) is 0 Å². The van der Waals surface area contributed by atoms with Crippen molar-refractivity contribution in [1.29, 1.82) is 0 Å². The van der Waals surface area contributed by atoms with Crippen LogP contribution in [0.1, 0.15) is 5.56 Å². The van der Waals surface area contributed by atoms with Crippen molar-refractivity contribution in [2.45, 2.75) is 12.7 Å². The molecular formula is C11H10F4N2O2. The summed E-state index contributed by atoms with van der Waals surface area (Å²) in [7, 11) is 0. The Labute approximate surface area is 105 Å². The number of hydrogen-bond acceptors (Lipinski definition) is 2. The van der Waals surface area contributed by atoms with Gasteiger partial charge in [0.1, 0.15) is 12.4 Å². The molecule has 0 fully saturated rings. The number of amides is 2. The fraction of sp³-hybridized carbons (Fsp3) is 0.273. The maximum Gasteiger partial charge on any atom is 0.405 e. The first-order valence-electron chi connectivity index (χ1n) is 5.15. The summed E-state index contributed by atoms with van der Waals surface area (Å²) in [5.74, 6) is -3.02. The molecule has 19 heavy (non-hydrogen) atoms. The van der Waals surface area contributed by atoms with Gasteiger partial charge >= 0.3 is 18.0 Å². The highest BCUT2D eigenvalue weighted by molar-refractivity contribution is 6.35. The molecule has 0 aliphatic heterocycles. The Hall–Kier alpha value is -2.12. The van der Waals surface area contributed by atoms with Crippen molar-refractivity contribution in [2.75, 3.05) is 6.54 Å². The highest BCUT2D eigenvalue weighted by atomic mass is 19.4. The first-order valence-corrected chi connectivity index (χ1v) is 5.15. The molecule has 104 valence electrons. The summed E-state index contributed by atoms with van der Waals surface area (Å²) in [5, 5.41) is 3.55. The van der Waals surface area contributed by atoms with Crippen LogP contribution in [0.15, 0.2) is 24.3 Å². The van der Waals surface area contributed by atoms with Crippen LogP contribution in [0.2, 0.25) is 0 Å². The third-order valence-corrected chi connectivity index (χ3v) is 2.02. The number of benzene rings is 1. The molecule has 0 bridgehead atoms. The number of alkyl halides is 3. The molecular weight excluding hydrogens is 268 g/mol. The van der Waals surface area contributed by atoms with Gasteiger partial charge in [-0.25, -0.2) is 4.39 Å². The molecule has 0 radical (unpaired) electrons. The minimum absolute atomic E-state index is 0.0848. The summed E-state index contributed by atoms with van der Waals surface area (Å²) in [4.78, 5) is 22.1. The van der Waals surface area contributed by atoms with Gasteiger partial charge < -0.3 is 10.6 Å². The largest absolute Gasteiger partial charge is 0.405 e. The van der Waals surface area contributed by atoms with E-state index >= 15 is 0 Å². The van der Waals surface area contributed by atoms with Crippen molar-refractivity contribution in [3.8, 4) is 0 Å². The number of carbonyl (C=O) groups is 2. The first-order chi connectivity index (χ1) is 8.78. The van der Waals surface area contributed by atoms with E-state index in [4.69, 9.17) is 0 Å². The SMILES string of the molecule is O=C(NCc1ccc(F)cc1)C(=O)NCC(F)(F)F. The van der Waals surface area contributed by atoms with Gasteiger partial charge in [0, 0.05) is 6.54 Å². The second-order valence-corrected chi connectivity index (χ2v) is 3.61. The summed E-state index contributed by atoms with van der Waals surface area (Å²) in [6.45, 7) is -1.66. The quantitative estimate of drug-likeness (QED) is 0.643. The van der Waals surface area contributed by atoms with Gasteiger partial charge in [-0.1, -0.05) is 12.1 Å². The lowest BCUT2D eigenvalue weighted by molar-refractivity contribution is -0.146. The van der Waals surface area contributed by atoms with Gasteiger partial charge in [-0.3, -0.25) is 9.59 Å². The van der Waals surface area contributed by atoms with Crippen LogP contribution in [-0.4, -0.2) is 24.5 Å². The summed E-state index contributed by atoms with van der Waals surface area (Å²) in [6, 6.07) is 5.07. The Balaban J connectivity index is 2.38. The molecule has 0 unspecified atom stereocenters. The highest BCUT2D eigenvalue weighted by Gasteiger charge is 2.29.